The first kappa shape index (κ1) is 15.2. The van der Waals surface area contributed by atoms with Gasteiger partial charge in [-0.05, 0) is 52.0 Å². The van der Waals surface area contributed by atoms with Crippen LogP contribution in [0, 0.1) is 23.2 Å². The Bertz CT molecular complexity index is 461. The van der Waals surface area contributed by atoms with Gasteiger partial charge in [0.15, 0.2) is 0 Å². The smallest absolute Gasteiger partial charge is 0.0682 e. The van der Waals surface area contributed by atoms with Crippen molar-refractivity contribution in [2.45, 2.75) is 83.6 Å². The van der Waals surface area contributed by atoms with Crippen molar-refractivity contribution in [3.05, 3.63) is 12.2 Å². The van der Waals surface area contributed by atoms with E-state index in [1.165, 1.54) is 38.5 Å². The third-order valence-electron chi connectivity index (χ3n) is 7.62. The number of rotatable bonds is 1. The number of ether oxygens (including phenoxy) is 1. The Labute approximate surface area is 136 Å². The SMILES string of the molecule is CC1C=CC2C(C1)OC1C(C3CCC(C)N3C)CCCC21C. The van der Waals surface area contributed by atoms with E-state index < -0.39 is 0 Å². The number of likely N-dealkylation sites (tertiary alicyclic amines) is 1. The number of hydrogen-bond acceptors (Lipinski definition) is 2. The fourth-order valence-electron chi connectivity index (χ4n) is 6.17. The molecule has 0 aromatic carbocycles. The predicted octanol–water partition coefficient (Wildman–Crippen LogP) is 4.26. The van der Waals surface area contributed by atoms with Gasteiger partial charge in [0.05, 0.1) is 12.2 Å². The van der Waals surface area contributed by atoms with Gasteiger partial charge in [-0.2, -0.15) is 0 Å². The van der Waals surface area contributed by atoms with Crippen LogP contribution in [0.1, 0.15) is 59.3 Å². The minimum Gasteiger partial charge on any atom is -0.373 e. The van der Waals surface area contributed by atoms with Crippen LogP contribution in [0.15, 0.2) is 12.2 Å². The molecule has 2 heteroatoms. The number of fused-ring (bicyclic) bond motifs is 3. The zero-order valence-electron chi connectivity index (χ0n) is 14.8. The maximum absolute atomic E-state index is 6.77. The van der Waals surface area contributed by atoms with Crippen LogP contribution in [0.4, 0.5) is 0 Å². The van der Waals surface area contributed by atoms with Crippen LogP contribution in [0.25, 0.3) is 0 Å². The molecule has 2 aliphatic heterocycles. The topological polar surface area (TPSA) is 12.5 Å². The van der Waals surface area contributed by atoms with Crippen molar-refractivity contribution in [2.24, 2.45) is 23.2 Å². The molecule has 0 amide bonds. The third kappa shape index (κ3) is 2.13. The molecule has 0 aromatic heterocycles. The molecule has 22 heavy (non-hydrogen) atoms. The maximum atomic E-state index is 6.77. The second-order valence-corrected chi connectivity index (χ2v) is 8.94. The summed E-state index contributed by atoms with van der Waals surface area (Å²) >= 11 is 0. The molecule has 4 rings (SSSR count). The Morgan fingerprint density at radius 1 is 1.14 bits per heavy atom. The van der Waals surface area contributed by atoms with E-state index in [1.807, 2.05) is 0 Å². The van der Waals surface area contributed by atoms with Crippen LogP contribution < -0.4 is 0 Å². The molecule has 0 aromatic rings. The molecule has 0 bridgehead atoms. The van der Waals surface area contributed by atoms with E-state index in [0.717, 1.165) is 18.0 Å². The van der Waals surface area contributed by atoms with Crippen molar-refractivity contribution in [3.63, 3.8) is 0 Å². The van der Waals surface area contributed by atoms with E-state index in [1.54, 1.807) is 0 Å². The van der Waals surface area contributed by atoms with Gasteiger partial charge in [-0.15, -0.1) is 0 Å². The molecule has 4 aliphatic rings. The minimum atomic E-state index is 0.386. The molecule has 0 radical (unpaired) electrons. The highest BCUT2D eigenvalue weighted by Gasteiger charge is 2.58. The van der Waals surface area contributed by atoms with Crippen molar-refractivity contribution < 1.29 is 4.74 Å². The van der Waals surface area contributed by atoms with Gasteiger partial charge in [0.25, 0.3) is 0 Å². The summed E-state index contributed by atoms with van der Waals surface area (Å²) in [6.45, 7) is 7.26. The zero-order chi connectivity index (χ0) is 15.5. The van der Waals surface area contributed by atoms with Crippen LogP contribution in [-0.2, 0) is 4.74 Å². The van der Waals surface area contributed by atoms with Gasteiger partial charge >= 0.3 is 0 Å². The third-order valence-corrected chi connectivity index (χ3v) is 7.62. The van der Waals surface area contributed by atoms with E-state index in [0.29, 0.717) is 29.5 Å². The van der Waals surface area contributed by atoms with Crippen LogP contribution >= 0.6 is 0 Å². The summed E-state index contributed by atoms with van der Waals surface area (Å²) in [5.41, 5.74) is 0.386. The van der Waals surface area contributed by atoms with Gasteiger partial charge in [0, 0.05) is 29.3 Å². The van der Waals surface area contributed by atoms with E-state index >= 15 is 0 Å². The van der Waals surface area contributed by atoms with Gasteiger partial charge in [-0.3, -0.25) is 0 Å². The minimum absolute atomic E-state index is 0.386. The summed E-state index contributed by atoms with van der Waals surface area (Å²) < 4.78 is 6.77. The monoisotopic (exact) mass is 303 g/mol. The molecule has 8 atom stereocenters. The lowest BCUT2D eigenvalue weighted by atomic mass is 9.60. The fraction of sp³-hybridized carbons (Fsp3) is 0.900. The summed E-state index contributed by atoms with van der Waals surface area (Å²) in [4.78, 5) is 2.65. The predicted molar refractivity (Wildman–Crippen MR) is 90.8 cm³/mol. The molecule has 124 valence electrons. The van der Waals surface area contributed by atoms with Crippen LogP contribution in [-0.4, -0.2) is 36.2 Å². The molecule has 2 heterocycles. The van der Waals surface area contributed by atoms with Gasteiger partial charge in [0.1, 0.15) is 0 Å². The maximum Gasteiger partial charge on any atom is 0.0682 e. The average Bonchev–Trinajstić information content (AvgIpc) is 2.96. The van der Waals surface area contributed by atoms with Gasteiger partial charge in [-0.1, -0.05) is 32.4 Å². The Kier molecular flexibility index (Phi) is 3.69. The van der Waals surface area contributed by atoms with Gasteiger partial charge < -0.3 is 9.64 Å². The fourth-order valence-corrected chi connectivity index (χ4v) is 6.17. The molecule has 2 nitrogen and oxygen atoms in total. The highest BCUT2D eigenvalue weighted by atomic mass is 16.5. The van der Waals surface area contributed by atoms with Gasteiger partial charge in [0.2, 0.25) is 0 Å². The lowest BCUT2D eigenvalue weighted by molar-refractivity contribution is -0.0688. The normalized spacial score (nSPS) is 55.2. The van der Waals surface area contributed by atoms with Crippen molar-refractivity contribution in [1.82, 2.24) is 4.90 Å². The first-order valence-corrected chi connectivity index (χ1v) is 9.56. The quantitative estimate of drug-likeness (QED) is 0.671. The molecule has 1 saturated carbocycles. The Morgan fingerprint density at radius 3 is 2.68 bits per heavy atom. The Morgan fingerprint density at radius 2 is 1.95 bits per heavy atom. The van der Waals surface area contributed by atoms with Crippen molar-refractivity contribution in [1.29, 1.82) is 0 Å². The van der Waals surface area contributed by atoms with E-state index in [9.17, 15) is 0 Å². The summed E-state index contributed by atoms with van der Waals surface area (Å²) in [6, 6.07) is 1.50. The lowest BCUT2D eigenvalue weighted by Gasteiger charge is -2.46. The van der Waals surface area contributed by atoms with E-state index in [4.69, 9.17) is 4.74 Å². The second-order valence-electron chi connectivity index (χ2n) is 8.94. The Hall–Kier alpha value is -0.340. The summed E-state index contributed by atoms with van der Waals surface area (Å²) in [5.74, 6) is 2.11. The highest BCUT2D eigenvalue weighted by Crippen LogP contribution is 2.57. The largest absolute Gasteiger partial charge is 0.373 e. The molecule has 0 N–H and O–H groups in total. The van der Waals surface area contributed by atoms with Crippen LogP contribution in [0.3, 0.4) is 0 Å². The second kappa shape index (κ2) is 5.34. The first-order valence-electron chi connectivity index (χ1n) is 9.56. The molecule has 3 fully saturated rings. The van der Waals surface area contributed by atoms with E-state index in [2.05, 4.69) is 44.9 Å². The van der Waals surface area contributed by atoms with Crippen LogP contribution in [0.5, 0.6) is 0 Å². The molecule has 0 spiro atoms. The first-order chi connectivity index (χ1) is 10.5. The molecule has 2 saturated heterocycles. The summed E-state index contributed by atoms with van der Waals surface area (Å²) in [6.07, 6.45) is 14.0. The Balaban J connectivity index is 1.61. The van der Waals surface area contributed by atoms with Crippen molar-refractivity contribution in [2.75, 3.05) is 7.05 Å². The number of nitrogens with zero attached hydrogens (tertiary/aromatic N) is 1. The average molecular weight is 303 g/mol. The van der Waals surface area contributed by atoms with E-state index in [-0.39, 0.29) is 0 Å². The summed E-state index contributed by atoms with van der Waals surface area (Å²) in [7, 11) is 2.35. The molecule has 8 unspecified atom stereocenters. The number of allylic oxidation sites excluding steroid dienone is 1. The van der Waals surface area contributed by atoms with Crippen molar-refractivity contribution in [3.8, 4) is 0 Å². The standard InChI is InChI=1S/C20H33NO/c1-13-7-9-16-18(12-13)22-19-15(6-5-11-20(16,19)3)17-10-8-14(2)21(17)4/h7,9,13-19H,5-6,8,10-12H2,1-4H3. The highest BCUT2D eigenvalue weighted by molar-refractivity contribution is 5.15. The molecular weight excluding hydrogens is 270 g/mol. The molecular formula is C20H33NO. The zero-order valence-corrected chi connectivity index (χ0v) is 14.8. The van der Waals surface area contributed by atoms with Crippen LogP contribution in [0.2, 0.25) is 0 Å². The van der Waals surface area contributed by atoms with Crippen molar-refractivity contribution >= 4 is 0 Å². The number of hydrogen-bond donors (Lipinski definition) is 0. The van der Waals surface area contributed by atoms with Gasteiger partial charge in [-0.25, -0.2) is 0 Å². The molecule has 2 aliphatic carbocycles. The summed E-state index contributed by atoms with van der Waals surface area (Å²) in [5, 5.41) is 0. The lowest BCUT2D eigenvalue weighted by Crippen LogP contribution is -2.49.